The van der Waals surface area contributed by atoms with Crippen molar-refractivity contribution in [2.75, 3.05) is 33.9 Å². The van der Waals surface area contributed by atoms with Gasteiger partial charge in [0.15, 0.2) is 0 Å². The van der Waals surface area contributed by atoms with Crippen LogP contribution >= 0.6 is 0 Å². The zero-order valence-electron chi connectivity index (χ0n) is 15.8. The van der Waals surface area contributed by atoms with Crippen LogP contribution in [-0.2, 0) is 0 Å². The highest BCUT2D eigenvalue weighted by atomic mass is 15.5. The Labute approximate surface area is 151 Å². The lowest BCUT2D eigenvalue weighted by atomic mass is 9.92. The van der Waals surface area contributed by atoms with Gasteiger partial charge >= 0.3 is 0 Å². The summed E-state index contributed by atoms with van der Waals surface area (Å²) in [6, 6.07) is 0.445. The van der Waals surface area contributed by atoms with Gasteiger partial charge in [-0.05, 0) is 31.4 Å². The molecule has 0 aliphatic carbocycles. The van der Waals surface area contributed by atoms with Crippen LogP contribution in [0.2, 0.25) is 0 Å². The van der Waals surface area contributed by atoms with Gasteiger partial charge in [0, 0.05) is 69.5 Å². The zero-order valence-corrected chi connectivity index (χ0v) is 15.8. The first-order valence-corrected chi connectivity index (χ1v) is 9.19. The zero-order chi connectivity index (χ0) is 17.8. The second kappa shape index (κ2) is 7.76. The van der Waals surface area contributed by atoms with Gasteiger partial charge in [-0.25, -0.2) is 0 Å². The SMILES string of the molecule is CC/C(=C1/C=CN/C1=N/C)C1C=NN(C(C)CCN2C=CN(C)C2)C1. The third-order valence-electron chi connectivity index (χ3n) is 5.18. The first-order valence-electron chi connectivity index (χ1n) is 9.19. The Balaban J connectivity index is 1.57. The fourth-order valence-electron chi connectivity index (χ4n) is 3.65. The number of hydrogen-bond acceptors (Lipinski definition) is 5. The maximum Gasteiger partial charge on any atom is 0.132 e. The minimum atomic E-state index is 0.376. The summed E-state index contributed by atoms with van der Waals surface area (Å²) in [7, 11) is 3.94. The van der Waals surface area contributed by atoms with E-state index in [1.165, 1.54) is 11.1 Å². The van der Waals surface area contributed by atoms with Crippen LogP contribution in [0.25, 0.3) is 0 Å². The molecular weight excluding hydrogens is 312 g/mol. The molecule has 0 radical (unpaired) electrons. The lowest BCUT2D eigenvalue weighted by molar-refractivity contribution is 0.196. The van der Waals surface area contributed by atoms with E-state index in [2.05, 4.69) is 70.7 Å². The van der Waals surface area contributed by atoms with Crippen molar-refractivity contribution in [3.05, 3.63) is 35.8 Å². The average molecular weight is 342 g/mol. The van der Waals surface area contributed by atoms with E-state index < -0.39 is 0 Å². The Bertz CT molecular complexity index is 630. The molecule has 6 heteroatoms. The molecule has 1 N–H and O–H groups in total. The number of hydrazone groups is 1. The maximum atomic E-state index is 4.71. The van der Waals surface area contributed by atoms with E-state index >= 15 is 0 Å². The summed E-state index contributed by atoms with van der Waals surface area (Å²) in [4.78, 5) is 8.91. The predicted molar refractivity (Wildman–Crippen MR) is 104 cm³/mol. The van der Waals surface area contributed by atoms with Gasteiger partial charge in [0.1, 0.15) is 5.84 Å². The van der Waals surface area contributed by atoms with Crippen LogP contribution in [0.4, 0.5) is 0 Å². The number of amidine groups is 1. The molecule has 3 heterocycles. The van der Waals surface area contributed by atoms with Crippen molar-refractivity contribution >= 4 is 12.1 Å². The Morgan fingerprint density at radius 1 is 1.44 bits per heavy atom. The molecule has 136 valence electrons. The van der Waals surface area contributed by atoms with Gasteiger partial charge < -0.3 is 15.1 Å². The summed E-state index contributed by atoms with van der Waals surface area (Å²) in [5.41, 5.74) is 2.66. The molecular formula is C19H30N6. The highest BCUT2D eigenvalue weighted by Gasteiger charge is 2.27. The summed E-state index contributed by atoms with van der Waals surface area (Å²) in [6.45, 7) is 7.52. The molecule has 0 saturated carbocycles. The highest BCUT2D eigenvalue weighted by molar-refractivity contribution is 6.04. The van der Waals surface area contributed by atoms with E-state index in [4.69, 9.17) is 5.10 Å². The minimum Gasteiger partial charge on any atom is -0.362 e. The van der Waals surface area contributed by atoms with Gasteiger partial charge in [-0.15, -0.1) is 0 Å². The van der Waals surface area contributed by atoms with Gasteiger partial charge in [0.25, 0.3) is 0 Å². The molecule has 0 aromatic rings. The Hall–Kier alpha value is -2.24. The molecule has 0 fully saturated rings. The molecule has 0 bridgehead atoms. The molecule has 3 aliphatic heterocycles. The van der Waals surface area contributed by atoms with Crippen LogP contribution < -0.4 is 5.32 Å². The molecule has 0 spiro atoms. The minimum absolute atomic E-state index is 0.376. The molecule has 0 aromatic heterocycles. The fourth-order valence-corrected chi connectivity index (χ4v) is 3.65. The number of rotatable bonds is 6. The Morgan fingerprint density at radius 2 is 2.28 bits per heavy atom. The van der Waals surface area contributed by atoms with Crippen LogP contribution in [0, 0.1) is 5.92 Å². The standard InChI is InChI=1S/C19H30N6/c1-5-17(18-6-8-21-19(18)20-3)16-12-22-25(13-16)15(2)7-9-24-11-10-23(4)14-24/h6,8,10-12,15-16H,5,7,9,13-14H2,1-4H3,(H,20,21)/b18-17+. The fraction of sp³-hybridized carbons (Fsp3) is 0.579. The summed E-state index contributed by atoms with van der Waals surface area (Å²) in [6.07, 6.45) is 12.7. The third kappa shape index (κ3) is 3.89. The van der Waals surface area contributed by atoms with E-state index in [9.17, 15) is 0 Å². The van der Waals surface area contributed by atoms with Crippen molar-refractivity contribution in [1.82, 2.24) is 20.1 Å². The van der Waals surface area contributed by atoms with E-state index in [-0.39, 0.29) is 0 Å². The Kier molecular flexibility index (Phi) is 5.46. The largest absolute Gasteiger partial charge is 0.362 e. The summed E-state index contributed by atoms with van der Waals surface area (Å²) in [5.74, 6) is 1.35. The first-order chi connectivity index (χ1) is 12.1. The quantitative estimate of drug-likeness (QED) is 0.804. The van der Waals surface area contributed by atoms with Gasteiger partial charge in [0.05, 0.1) is 6.67 Å². The molecule has 25 heavy (non-hydrogen) atoms. The second-order valence-corrected chi connectivity index (χ2v) is 6.98. The molecule has 3 aliphatic rings. The van der Waals surface area contributed by atoms with Crippen LogP contribution in [0.1, 0.15) is 26.7 Å². The van der Waals surface area contributed by atoms with E-state index in [0.29, 0.717) is 12.0 Å². The molecule has 0 saturated heterocycles. The lowest BCUT2D eigenvalue weighted by Gasteiger charge is -2.27. The molecule has 0 amide bonds. The van der Waals surface area contributed by atoms with E-state index in [0.717, 1.165) is 38.4 Å². The topological polar surface area (TPSA) is 46.5 Å². The van der Waals surface area contributed by atoms with Gasteiger partial charge in [0.2, 0.25) is 0 Å². The third-order valence-corrected chi connectivity index (χ3v) is 5.18. The summed E-state index contributed by atoms with van der Waals surface area (Å²) in [5, 5.41) is 10.2. The highest BCUT2D eigenvalue weighted by Crippen LogP contribution is 2.27. The van der Waals surface area contributed by atoms with Crippen molar-refractivity contribution in [2.45, 2.75) is 32.7 Å². The predicted octanol–water partition coefficient (Wildman–Crippen LogP) is 2.21. The van der Waals surface area contributed by atoms with Crippen LogP contribution in [0.15, 0.2) is 45.9 Å². The smallest absolute Gasteiger partial charge is 0.132 e. The van der Waals surface area contributed by atoms with Crippen LogP contribution in [0.5, 0.6) is 0 Å². The van der Waals surface area contributed by atoms with Crippen molar-refractivity contribution in [2.24, 2.45) is 16.0 Å². The van der Waals surface area contributed by atoms with E-state index in [1.54, 1.807) is 0 Å². The van der Waals surface area contributed by atoms with Crippen molar-refractivity contribution < 1.29 is 0 Å². The monoisotopic (exact) mass is 342 g/mol. The van der Waals surface area contributed by atoms with Crippen molar-refractivity contribution in [1.29, 1.82) is 0 Å². The second-order valence-electron chi connectivity index (χ2n) is 6.98. The van der Waals surface area contributed by atoms with Gasteiger partial charge in [-0.3, -0.25) is 10.0 Å². The number of nitrogens with zero attached hydrogens (tertiary/aromatic N) is 5. The average Bonchev–Trinajstić information content (AvgIpc) is 3.34. The Morgan fingerprint density at radius 3 is 2.96 bits per heavy atom. The molecule has 2 atom stereocenters. The van der Waals surface area contributed by atoms with Crippen molar-refractivity contribution in [3.8, 4) is 0 Å². The van der Waals surface area contributed by atoms with Gasteiger partial charge in [-0.2, -0.15) is 5.10 Å². The molecule has 3 rings (SSSR count). The van der Waals surface area contributed by atoms with Gasteiger partial charge in [-0.1, -0.05) is 6.92 Å². The summed E-state index contributed by atoms with van der Waals surface area (Å²) >= 11 is 0. The first kappa shape index (κ1) is 17.6. The number of nitrogens with one attached hydrogen (secondary N) is 1. The molecule has 2 unspecified atom stereocenters. The molecule has 0 aromatic carbocycles. The summed E-state index contributed by atoms with van der Waals surface area (Å²) < 4.78 is 0. The number of aliphatic imine (C=N–C) groups is 1. The molecule has 6 nitrogen and oxygen atoms in total. The van der Waals surface area contributed by atoms with Crippen LogP contribution in [0.3, 0.4) is 0 Å². The maximum absolute atomic E-state index is 4.71. The van der Waals surface area contributed by atoms with Crippen LogP contribution in [-0.4, -0.2) is 66.8 Å². The van der Waals surface area contributed by atoms with E-state index in [1.807, 2.05) is 13.2 Å². The number of hydrogen-bond donors (Lipinski definition) is 1. The van der Waals surface area contributed by atoms with Crippen molar-refractivity contribution in [3.63, 3.8) is 0 Å². The lowest BCUT2D eigenvalue weighted by Crippen LogP contribution is -2.33. The normalized spacial score (nSPS) is 27.0.